The highest BCUT2D eigenvalue weighted by atomic mass is 35.5. The monoisotopic (exact) mass is 312 g/mol. The molecule has 0 atom stereocenters. The van der Waals surface area contributed by atoms with Crippen LogP contribution in [0.15, 0.2) is 23.3 Å². The standard InChI is InChI=1S/C9H4Cl4N2O2/c10-4-2-1-3-5(6(4)11)14-15-7(8(12)16)9(13)17/h1-3,14H. The number of hydrogen-bond acceptors (Lipinski definition) is 4. The van der Waals surface area contributed by atoms with Crippen LogP contribution in [0.1, 0.15) is 0 Å². The van der Waals surface area contributed by atoms with Gasteiger partial charge in [0.1, 0.15) is 0 Å². The number of nitrogens with zero attached hydrogens (tertiary/aromatic N) is 1. The second-order valence-corrected chi connectivity index (χ2v) is 4.19. The van der Waals surface area contributed by atoms with Crippen molar-refractivity contribution in [3.05, 3.63) is 28.2 Å². The largest absolute Gasteiger partial charge is 0.277 e. The molecule has 1 N–H and O–H groups in total. The van der Waals surface area contributed by atoms with E-state index in [4.69, 9.17) is 46.4 Å². The van der Waals surface area contributed by atoms with Crippen LogP contribution >= 0.6 is 46.4 Å². The van der Waals surface area contributed by atoms with Crippen molar-refractivity contribution in [3.8, 4) is 0 Å². The van der Waals surface area contributed by atoms with Gasteiger partial charge in [0.15, 0.2) is 0 Å². The maximum atomic E-state index is 10.8. The third-order valence-corrected chi connectivity index (χ3v) is 2.79. The summed E-state index contributed by atoms with van der Waals surface area (Å²) >= 11 is 21.8. The number of halogens is 4. The Morgan fingerprint density at radius 1 is 1.12 bits per heavy atom. The van der Waals surface area contributed by atoms with Crippen LogP contribution in [-0.4, -0.2) is 16.2 Å². The van der Waals surface area contributed by atoms with Gasteiger partial charge in [0, 0.05) is 0 Å². The third-order valence-electron chi connectivity index (χ3n) is 1.61. The van der Waals surface area contributed by atoms with Crippen molar-refractivity contribution in [2.45, 2.75) is 0 Å². The summed E-state index contributed by atoms with van der Waals surface area (Å²) in [5, 5.41) is 1.80. The number of benzene rings is 1. The number of hydrogen-bond donors (Lipinski definition) is 1. The lowest BCUT2D eigenvalue weighted by molar-refractivity contribution is -0.109. The van der Waals surface area contributed by atoms with E-state index in [0.717, 1.165) is 0 Å². The van der Waals surface area contributed by atoms with E-state index in [2.05, 4.69) is 10.5 Å². The first-order chi connectivity index (χ1) is 7.93. The number of anilines is 1. The van der Waals surface area contributed by atoms with Crippen molar-refractivity contribution in [2.75, 3.05) is 5.43 Å². The van der Waals surface area contributed by atoms with Crippen LogP contribution in [0.2, 0.25) is 10.0 Å². The van der Waals surface area contributed by atoms with Gasteiger partial charge in [0.25, 0.3) is 10.5 Å². The Morgan fingerprint density at radius 3 is 2.24 bits per heavy atom. The van der Waals surface area contributed by atoms with Gasteiger partial charge in [0.05, 0.1) is 15.7 Å². The highest BCUT2D eigenvalue weighted by molar-refractivity contribution is 7.01. The zero-order valence-corrected chi connectivity index (χ0v) is 11.0. The number of hydrazone groups is 1. The van der Waals surface area contributed by atoms with Gasteiger partial charge in [-0.25, -0.2) is 0 Å². The minimum Gasteiger partial charge on any atom is -0.276 e. The van der Waals surface area contributed by atoms with Gasteiger partial charge in [-0.2, -0.15) is 5.10 Å². The van der Waals surface area contributed by atoms with Crippen LogP contribution in [0, 0.1) is 0 Å². The molecule has 4 nitrogen and oxygen atoms in total. The molecule has 90 valence electrons. The van der Waals surface area contributed by atoms with E-state index < -0.39 is 16.2 Å². The smallest absolute Gasteiger partial charge is 0.276 e. The Morgan fingerprint density at radius 2 is 1.71 bits per heavy atom. The second-order valence-electron chi connectivity index (χ2n) is 2.72. The molecule has 0 bridgehead atoms. The molecule has 1 aromatic rings. The molecule has 8 heteroatoms. The Balaban J connectivity index is 2.99. The molecule has 0 spiro atoms. The fraction of sp³-hybridized carbons (Fsp3) is 0. The van der Waals surface area contributed by atoms with Gasteiger partial charge >= 0.3 is 0 Å². The van der Waals surface area contributed by atoms with Crippen molar-refractivity contribution >= 4 is 68.3 Å². The zero-order valence-electron chi connectivity index (χ0n) is 8.01. The SMILES string of the molecule is O=C(Cl)C(=NNc1cccc(Cl)c1Cl)C(=O)Cl. The molecule has 0 aliphatic rings. The average Bonchev–Trinajstić information content (AvgIpc) is 2.23. The topological polar surface area (TPSA) is 58.5 Å². The van der Waals surface area contributed by atoms with Crippen molar-refractivity contribution in [2.24, 2.45) is 5.10 Å². The van der Waals surface area contributed by atoms with Crippen molar-refractivity contribution < 1.29 is 9.59 Å². The number of nitrogens with one attached hydrogen (secondary N) is 1. The van der Waals surface area contributed by atoms with Gasteiger partial charge in [-0.05, 0) is 35.3 Å². The van der Waals surface area contributed by atoms with Gasteiger partial charge in [-0.1, -0.05) is 29.3 Å². The highest BCUT2D eigenvalue weighted by Gasteiger charge is 2.16. The molecule has 0 aromatic heterocycles. The number of carbonyl (C=O) groups is 2. The van der Waals surface area contributed by atoms with Gasteiger partial charge < -0.3 is 0 Å². The summed E-state index contributed by atoms with van der Waals surface area (Å²) in [5.74, 6) is 0. The Bertz CT molecular complexity index is 486. The summed E-state index contributed by atoms with van der Waals surface area (Å²) < 4.78 is 0. The van der Waals surface area contributed by atoms with Crippen LogP contribution in [0.5, 0.6) is 0 Å². The highest BCUT2D eigenvalue weighted by Crippen LogP contribution is 2.29. The summed E-state index contributed by atoms with van der Waals surface area (Å²) in [6.45, 7) is 0. The number of rotatable bonds is 4. The molecule has 0 fully saturated rings. The third kappa shape index (κ3) is 3.85. The summed E-state index contributed by atoms with van der Waals surface area (Å²) in [4.78, 5) is 21.6. The fourth-order valence-electron chi connectivity index (χ4n) is 0.871. The first-order valence-corrected chi connectivity index (χ1v) is 5.62. The van der Waals surface area contributed by atoms with E-state index in [1.54, 1.807) is 18.2 Å². The summed E-state index contributed by atoms with van der Waals surface area (Å²) in [6.07, 6.45) is 0. The lowest BCUT2D eigenvalue weighted by Crippen LogP contribution is -2.17. The Kier molecular flexibility index (Phi) is 5.21. The van der Waals surface area contributed by atoms with Crippen LogP contribution in [0.4, 0.5) is 5.69 Å². The lowest BCUT2D eigenvalue weighted by atomic mass is 10.3. The van der Waals surface area contributed by atoms with Crippen LogP contribution in [0.25, 0.3) is 0 Å². The van der Waals surface area contributed by atoms with E-state index in [9.17, 15) is 9.59 Å². The first kappa shape index (κ1) is 14.3. The van der Waals surface area contributed by atoms with Gasteiger partial charge in [0.2, 0.25) is 5.71 Å². The summed E-state index contributed by atoms with van der Waals surface area (Å²) in [6, 6.07) is 4.72. The zero-order chi connectivity index (χ0) is 13.0. The molecule has 1 rings (SSSR count). The van der Waals surface area contributed by atoms with Crippen LogP contribution in [0.3, 0.4) is 0 Å². The van der Waals surface area contributed by atoms with Crippen LogP contribution in [-0.2, 0) is 9.59 Å². The fourth-order valence-corrected chi connectivity index (χ4v) is 1.52. The Labute approximate surface area is 116 Å². The van der Waals surface area contributed by atoms with E-state index in [-0.39, 0.29) is 5.02 Å². The molecule has 0 saturated carbocycles. The molecule has 0 heterocycles. The summed E-state index contributed by atoms with van der Waals surface area (Å²) in [5.41, 5.74) is 2.06. The maximum Gasteiger partial charge on any atom is 0.277 e. The van der Waals surface area contributed by atoms with Crippen LogP contribution < -0.4 is 5.43 Å². The molecule has 0 radical (unpaired) electrons. The molecule has 0 aliphatic carbocycles. The second kappa shape index (κ2) is 6.21. The van der Waals surface area contributed by atoms with E-state index >= 15 is 0 Å². The molecule has 0 aliphatic heterocycles. The Hall–Kier alpha value is -0.810. The first-order valence-electron chi connectivity index (χ1n) is 4.11. The minimum atomic E-state index is -1.07. The predicted octanol–water partition coefficient (Wildman–Crippen LogP) is 3.29. The molecule has 1 aromatic carbocycles. The van der Waals surface area contributed by atoms with E-state index in [1.807, 2.05) is 0 Å². The van der Waals surface area contributed by atoms with E-state index in [1.165, 1.54) is 0 Å². The normalized spacial score (nSPS) is 9.65. The predicted molar refractivity (Wildman–Crippen MR) is 69.2 cm³/mol. The quantitative estimate of drug-likeness (QED) is 0.401. The lowest BCUT2D eigenvalue weighted by Gasteiger charge is -2.04. The summed E-state index contributed by atoms with van der Waals surface area (Å²) in [7, 11) is 0. The van der Waals surface area contributed by atoms with Gasteiger partial charge in [-0.3, -0.25) is 15.0 Å². The molecule has 0 saturated heterocycles. The average molecular weight is 314 g/mol. The van der Waals surface area contributed by atoms with Crippen molar-refractivity contribution in [1.29, 1.82) is 0 Å². The van der Waals surface area contributed by atoms with Crippen molar-refractivity contribution in [1.82, 2.24) is 0 Å². The van der Waals surface area contributed by atoms with Gasteiger partial charge in [-0.15, -0.1) is 0 Å². The number of carbonyl (C=O) groups excluding carboxylic acids is 2. The van der Waals surface area contributed by atoms with E-state index in [0.29, 0.717) is 10.7 Å². The molecular formula is C9H4Cl4N2O2. The minimum absolute atomic E-state index is 0.196. The molecular weight excluding hydrogens is 310 g/mol. The molecule has 0 amide bonds. The maximum absolute atomic E-state index is 10.8. The molecule has 17 heavy (non-hydrogen) atoms. The van der Waals surface area contributed by atoms with Crippen molar-refractivity contribution in [3.63, 3.8) is 0 Å². The molecule has 0 unspecified atom stereocenters.